The van der Waals surface area contributed by atoms with Gasteiger partial charge in [0.1, 0.15) is 36.7 Å². The molecule has 2 aliphatic rings. The Kier molecular flexibility index (Phi) is 3.65. The largest absolute Gasteiger partial charge is 0.475 e. The zero-order valence-electron chi connectivity index (χ0n) is 15.4. The van der Waals surface area contributed by atoms with Crippen molar-refractivity contribution in [1.82, 2.24) is 24.5 Å². The van der Waals surface area contributed by atoms with E-state index >= 15 is 0 Å². The first-order valence-corrected chi connectivity index (χ1v) is 9.37. The number of nitrogens with one attached hydrogen (secondary N) is 2. The third-order valence-electron chi connectivity index (χ3n) is 5.40. The number of nitrogens with zero attached hydrogens (tertiary/aromatic N) is 4. The first-order chi connectivity index (χ1) is 13.2. The first-order valence-electron chi connectivity index (χ1n) is 9.37. The number of morpholine rings is 1. The van der Waals surface area contributed by atoms with Crippen LogP contribution in [0.2, 0.25) is 0 Å². The van der Waals surface area contributed by atoms with Crippen molar-refractivity contribution < 1.29 is 9.47 Å². The highest BCUT2D eigenvalue weighted by Gasteiger charge is 2.31. The average molecular weight is 365 g/mol. The Morgan fingerprint density at radius 1 is 1.19 bits per heavy atom. The Morgan fingerprint density at radius 2 is 1.96 bits per heavy atom. The number of aromatic amines is 2. The molecule has 8 heteroatoms. The number of H-pyrrole nitrogens is 2. The second kappa shape index (κ2) is 6.06. The molecule has 1 saturated heterocycles. The van der Waals surface area contributed by atoms with Crippen molar-refractivity contribution in [2.75, 3.05) is 26.3 Å². The van der Waals surface area contributed by atoms with Crippen LogP contribution in [0.15, 0.2) is 0 Å². The van der Waals surface area contributed by atoms with Gasteiger partial charge in [-0.25, -0.2) is 4.98 Å². The summed E-state index contributed by atoms with van der Waals surface area (Å²) in [5.74, 6) is 1.49. The molecule has 0 amide bonds. The molecule has 5 rings (SSSR count). The van der Waals surface area contributed by atoms with Gasteiger partial charge in [-0.3, -0.25) is 4.58 Å². The van der Waals surface area contributed by atoms with E-state index in [0.717, 1.165) is 59.6 Å². The van der Waals surface area contributed by atoms with Crippen LogP contribution >= 0.6 is 0 Å². The molecule has 0 bridgehead atoms. The second-order valence-corrected chi connectivity index (χ2v) is 7.08. The van der Waals surface area contributed by atoms with Crippen LogP contribution in [0.25, 0.3) is 22.1 Å². The molecule has 2 aliphatic heterocycles. The Hall–Kier alpha value is -2.92. The van der Waals surface area contributed by atoms with Crippen molar-refractivity contribution in [2.45, 2.75) is 32.8 Å². The van der Waals surface area contributed by atoms with E-state index in [2.05, 4.69) is 32.5 Å². The van der Waals surface area contributed by atoms with Crippen molar-refractivity contribution in [2.24, 2.45) is 0 Å². The number of nitriles is 1. The van der Waals surface area contributed by atoms with E-state index in [-0.39, 0.29) is 6.10 Å². The molecule has 1 atom stereocenters. The number of aromatic nitrogens is 4. The molecule has 3 aromatic heterocycles. The number of pyridine rings is 2. The maximum atomic E-state index is 10.1. The number of aryl methyl sites for hydroxylation is 1. The number of ether oxygens (including phenoxy) is 2. The fraction of sp³-hybridized carbons (Fsp3) is 0.474. The topological polar surface area (TPSA) is 103 Å². The summed E-state index contributed by atoms with van der Waals surface area (Å²) in [5, 5.41) is 11.8. The van der Waals surface area contributed by atoms with Crippen molar-refractivity contribution in [3.8, 4) is 11.9 Å². The molecular formula is C19H21N6O2+. The zero-order valence-corrected chi connectivity index (χ0v) is 15.4. The van der Waals surface area contributed by atoms with E-state index in [1.807, 2.05) is 6.92 Å². The standard InChI is InChI=1S/C19H20N6O2/c1-3-11-8-12-14-13(9-20)18(25-4-6-26-7-5-25)23-16-15(14)17(22-10(2)21-16)24-19(12)27-11/h11H,3-8H2,1-2H3,(H,21,22,23,24)/p+1/t11-/m1/s1. The van der Waals surface area contributed by atoms with Gasteiger partial charge in [0.15, 0.2) is 11.4 Å². The highest BCUT2D eigenvalue weighted by Crippen LogP contribution is 2.37. The third kappa shape index (κ3) is 2.42. The summed E-state index contributed by atoms with van der Waals surface area (Å²) in [6.07, 6.45) is 1.81. The molecule has 138 valence electrons. The van der Waals surface area contributed by atoms with Gasteiger partial charge in [0, 0.05) is 17.4 Å². The van der Waals surface area contributed by atoms with Crippen LogP contribution in [0.1, 0.15) is 30.3 Å². The van der Waals surface area contributed by atoms with E-state index in [4.69, 9.17) is 14.5 Å². The number of hydrogen-bond acceptors (Lipinski definition) is 5. The maximum absolute atomic E-state index is 10.1. The Morgan fingerprint density at radius 3 is 2.70 bits per heavy atom. The molecular weight excluding hydrogens is 344 g/mol. The summed E-state index contributed by atoms with van der Waals surface area (Å²) in [6.45, 7) is 6.74. The van der Waals surface area contributed by atoms with Crippen LogP contribution in [-0.4, -0.2) is 52.3 Å². The summed E-state index contributed by atoms with van der Waals surface area (Å²) in [4.78, 5) is 16.0. The zero-order chi connectivity index (χ0) is 18.5. The van der Waals surface area contributed by atoms with Crippen molar-refractivity contribution in [1.29, 1.82) is 5.26 Å². The molecule has 0 saturated carbocycles. The fourth-order valence-electron chi connectivity index (χ4n) is 4.07. The Balaban J connectivity index is 1.97. The molecule has 8 nitrogen and oxygen atoms in total. The van der Waals surface area contributed by atoms with Gasteiger partial charge in [0.05, 0.1) is 18.6 Å². The lowest BCUT2D eigenvalue weighted by Gasteiger charge is -2.14. The summed E-state index contributed by atoms with van der Waals surface area (Å²) >= 11 is 0. The molecule has 1 fully saturated rings. The van der Waals surface area contributed by atoms with Crippen molar-refractivity contribution in [3.05, 3.63) is 22.4 Å². The van der Waals surface area contributed by atoms with E-state index < -0.39 is 0 Å². The van der Waals surface area contributed by atoms with E-state index in [9.17, 15) is 5.26 Å². The highest BCUT2D eigenvalue weighted by atomic mass is 16.5. The van der Waals surface area contributed by atoms with E-state index in [1.165, 1.54) is 0 Å². The predicted octanol–water partition coefficient (Wildman–Crippen LogP) is 1.14. The van der Waals surface area contributed by atoms with Crippen LogP contribution in [0.4, 0.5) is 0 Å². The summed E-state index contributed by atoms with van der Waals surface area (Å²) in [5.41, 5.74) is 3.80. The molecule has 0 radical (unpaired) electrons. The van der Waals surface area contributed by atoms with Gasteiger partial charge in [-0.15, -0.1) is 0 Å². The van der Waals surface area contributed by atoms with Gasteiger partial charge < -0.3 is 19.4 Å². The Labute approximate surface area is 155 Å². The van der Waals surface area contributed by atoms with Gasteiger partial charge in [-0.1, -0.05) is 6.92 Å². The maximum Gasteiger partial charge on any atom is 0.339 e. The Bertz CT molecular complexity index is 1180. The lowest BCUT2D eigenvalue weighted by molar-refractivity contribution is 0.0959. The normalized spacial score (nSPS) is 19.3. The first kappa shape index (κ1) is 16.3. The molecule has 0 spiro atoms. The second-order valence-electron chi connectivity index (χ2n) is 7.08. The van der Waals surface area contributed by atoms with E-state index in [1.54, 1.807) is 0 Å². The van der Waals surface area contributed by atoms with Crippen molar-refractivity contribution >= 4 is 22.1 Å². The van der Waals surface area contributed by atoms with E-state index in [0.29, 0.717) is 29.9 Å². The molecule has 5 heterocycles. The quantitative estimate of drug-likeness (QED) is 0.630. The minimum Gasteiger partial charge on any atom is -0.475 e. The van der Waals surface area contributed by atoms with Crippen LogP contribution in [0, 0.1) is 18.3 Å². The summed E-state index contributed by atoms with van der Waals surface area (Å²) < 4.78 is 13.7. The molecule has 0 aliphatic carbocycles. The molecule has 3 aromatic rings. The minimum absolute atomic E-state index is 0.114. The molecule has 2 N–H and O–H groups in total. The smallest absolute Gasteiger partial charge is 0.339 e. The fourth-order valence-corrected chi connectivity index (χ4v) is 4.07. The SMILES string of the molecule is CC[C@@H]1Cc2c([nH]c3nc(C)[nH]c4nc(=[N+]5CCOCC5)c(C#N)c2c43)O1. The lowest BCUT2D eigenvalue weighted by Crippen LogP contribution is -2.42. The third-order valence-corrected chi connectivity index (χ3v) is 5.40. The summed E-state index contributed by atoms with van der Waals surface area (Å²) in [7, 11) is 0. The number of hydrogen-bond donors (Lipinski definition) is 2. The lowest BCUT2D eigenvalue weighted by atomic mass is 9.99. The van der Waals surface area contributed by atoms with Crippen LogP contribution in [-0.2, 0) is 11.2 Å². The minimum atomic E-state index is 0.114. The van der Waals surface area contributed by atoms with Crippen LogP contribution in [0.3, 0.4) is 0 Å². The molecule has 0 unspecified atom stereocenters. The van der Waals surface area contributed by atoms with Gasteiger partial charge >= 0.3 is 5.49 Å². The molecule has 27 heavy (non-hydrogen) atoms. The van der Waals surface area contributed by atoms with Gasteiger partial charge in [0.2, 0.25) is 0 Å². The average Bonchev–Trinajstić information content (AvgIpc) is 3.11. The summed E-state index contributed by atoms with van der Waals surface area (Å²) in [6, 6.07) is 2.42. The van der Waals surface area contributed by atoms with Crippen LogP contribution < -0.4 is 14.8 Å². The van der Waals surface area contributed by atoms with Crippen molar-refractivity contribution in [3.63, 3.8) is 0 Å². The number of fused-ring (bicyclic) bond motifs is 2. The molecule has 0 aromatic carbocycles. The monoisotopic (exact) mass is 365 g/mol. The van der Waals surface area contributed by atoms with Gasteiger partial charge in [0.25, 0.3) is 5.65 Å². The predicted molar refractivity (Wildman–Crippen MR) is 99.4 cm³/mol. The van der Waals surface area contributed by atoms with Gasteiger partial charge in [-0.2, -0.15) is 5.26 Å². The number of rotatable bonds is 1. The highest BCUT2D eigenvalue weighted by molar-refractivity contribution is 6.08. The van der Waals surface area contributed by atoms with Crippen LogP contribution in [0.5, 0.6) is 5.88 Å². The van der Waals surface area contributed by atoms with Gasteiger partial charge in [-0.05, 0) is 18.3 Å².